The monoisotopic (exact) mass is 324 g/mol. The number of carbonyl (C=O) groups is 1. The molecule has 0 bridgehead atoms. The van der Waals surface area contributed by atoms with E-state index in [1.54, 1.807) is 0 Å². The van der Waals surface area contributed by atoms with Crippen LogP contribution in [0.1, 0.15) is 33.6 Å². The van der Waals surface area contributed by atoms with Gasteiger partial charge in [0, 0.05) is 24.9 Å². The molecule has 124 valence electrons. The van der Waals surface area contributed by atoms with Gasteiger partial charge in [-0.2, -0.15) is 0 Å². The van der Waals surface area contributed by atoms with Gasteiger partial charge in [-0.05, 0) is 18.1 Å². The van der Waals surface area contributed by atoms with Crippen LogP contribution in [0.5, 0.6) is 0 Å². The van der Waals surface area contributed by atoms with Gasteiger partial charge in [-0.25, -0.2) is 4.79 Å². The molecule has 5 heteroatoms. The third-order valence-corrected chi connectivity index (χ3v) is 9.09. The molecule has 1 fully saturated rings. The van der Waals surface area contributed by atoms with Crippen molar-refractivity contribution in [2.24, 2.45) is 5.41 Å². The maximum atomic E-state index is 11.3. The lowest BCUT2D eigenvalue weighted by molar-refractivity contribution is -0.135. The smallest absolute Gasteiger partial charge is 0.333 e. The van der Waals surface area contributed by atoms with Gasteiger partial charge >= 0.3 is 5.97 Å². The largest absolute Gasteiger partial charge is 0.497 e. The zero-order chi connectivity index (χ0) is 17.0. The number of ether oxygens (including phenoxy) is 2. The molecular weight excluding hydrogens is 296 g/mol. The molecular formula is C17H28O4Si. The van der Waals surface area contributed by atoms with E-state index >= 15 is 0 Å². The third kappa shape index (κ3) is 4.62. The van der Waals surface area contributed by atoms with Crippen molar-refractivity contribution in [2.45, 2.75) is 51.7 Å². The SMILES string of the molecule is C#CCC1(CO[Si](C)(C)C(C)(C)C)CO/C(=C\C(=O)OC)C1. The highest BCUT2D eigenvalue weighted by molar-refractivity contribution is 6.74. The third-order valence-electron chi connectivity index (χ3n) is 4.62. The van der Waals surface area contributed by atoms with E-state index in [0.29, 0.717) is 31.8 Å². The molecule has 1 rings (SSSR count). The van der Waals surface area contributed by atoms with Crippen molar-refractivity contribution in [1.29, 1.82) is 0 Å². The van der Waals surface area contributed by atoms with E-state index in [-0.39, 0.29) is 10.5 Å². The van der Waals surface area contributed by atoms with Crippen molar-refractivity contribution in [3.05, 3.63) is 11.8 Å². The van der Waals surface area contributed by atoms with Crippen molar-refractivity contribution in [1.82, 2.24) is 0 Å². The molecule has 1 unspecified atom stereocenters. The number of esters is 1. The Balaban J connectivity index is 2.81. The molecule has 0 aromatic rings. The van der Waals surface area contributed by atoms with Crippen LogP contribution in [0.3, 0.4) is 0 Å². The lowest BCUT2D eigenvalue weighted by atomic mass is 9.84. The van der Waals surface area contributed by atoms with Crippen LogP contribution in [0.4, 0.5) is 0 Å². The van der Waals surface area contributed by atoms with E-state index < -0.39 is 14.3 Å². The van der Waals surface area contributed by atoms with Crippen molar-refractivity contribution in [3.8, 4) is 12.3 Å². The van der Waals surface area contributed by atoms with Crippen LogP contribution >= 0.6 is 0 Å². The number of carbonyl (C=O) groups excluding carboxylic acids is 1. The standard InChI is InChI=1S/C17H28O4Si/c1-8-9-17(13-21-22(6,7)16(2,3)4)11-14(20-12-17)10-15(18)19-5/h1,10H,9,11-13H2,2-7H3/b14-10-. The molecule has 0 aliphatic carbocycles. The number of hydrogen-bond acceptors (Lipinski definition) is 4. The fourth-order valence-electron chi connectivity index (χ4n) is 2.02. The summed E-state index contributed by atoms with van der Waals surface area (Å²) in [6, 6.07) is 0. The van der Waals surface area contributed by atoms with Crippen LogP contribution in [0.15, 0.2) is 11.8 Å². The van der Waals surface area contributed by atoms with E-state index in [9.17, 15) is 4.79 Å². The Kier molecular flexibility index (Phi) is 5.88. The molecule has 0 aromatic carbocycles. The molecule has 22 heavy (non-hydrogen) atoms. The van der Waals surface area contributed by atoms with Crippen molar-refractivity contribution < 1.29 is 18.7 Å². The van der Waals surface area contributed by atoms with E-state index in [1.165, 1.54) is 13.2 Å². The van der Waals surface area contributed by atoms with Crippen LogP contribution in [0.25, 0.3) is 0 Å². The van der Waals surface area contributed by atoms with Gasteiger partial charge in [0.25, 0.3) is 0 Å². The fraction of sp³-hybridized carbons (Fsp3) is 0.706. The van der Waals surface area contributed by atoms with Crippen molar-refractivity contribution in [3.63, 3.8) is 0 Å². The average molecular weight is 324 g/mol. The molecule has 0 spiro atoms. The van der Waals surface area contributed by atoms with Crippen molar-refractivity contribution in [2.75, 3.05) is 20.3 Å². The first-order valence-electron chi connectivity index (χ1n) is 7.54. The Morgan fingerprint density at radius 2 is 2.14 bits per heavy atom. The minimum absolute atomic E-state index is 0.147. The summed E-state index contributed by atoms with van der Waals surface area (Å²) in [7, 11) is -0.494. The number of methoxy groups -OCH3 is 1. The van der Waals surface area contributed by atoms with E-state index in [1.807, 2.05) is 0 Å². The Labute approximate surface area is 135 Å². The van der Waals surface area contributed by atoms with Crippen molar-refractivity contribution >= 4 is 14.3 Å². The second-order valence-electron chi connectivity index (χ2n) is 7.53. The number of rotatable bonds is 5. The quantitative estimate of drug-likeness (QED) is 0.336. The Morgan fingerprint density at radius 1 is 1.50 bits per heavy atom. The normalized spacial score (nSPS) is 24.0. The van der Waals surface area contributed by atoms with E-state index in [0.717, 1.165) is 0 Å². The molecule has 1 saturated heterocycles. The number of hydrogen-bond donors (Lipinski definition) is 0. The molecule has 0 amide bonds. The molecule has 0 N–H and O–H groups in total. The van der Waals surface area contributed by atoms with Gasteiger partial charge in [-0.3, -0.25) is 0 Å². The molecule has 4 nitrogen and oxygen atoms in total. The second-order valence-corrected chi connectivity index (χ2v) is 12.3. The van der Waals surface area contributed by atoms with Gasteiger partial charge in [0.1, 0.15) is 5.76 Å². The molecule has 1 aliphatic rings. The van der Waals surface area contributed by atoms with Gasteiger partial charge in [0.15, 0.2) is 8.32 Å². The second kappa shape index (κ2) is 6.89. The Bertz CT molecular complexity index is 482. The zero-order valence-electron chi connectivity index (χ0n) is 14.6. The first kappa shape index (κ1) is 18.8. The summed E-state index contributed by atoms with van der Waals surface area (Å²) in [6.45, 7) is 12.1. The predicted octanol–water partition coefficient (Wildman–Crippen LogP) is 3.50. The lowest BCUT2D eigenvalue weighted by Gasteiger charge is -2.39. The highest BCUT2D eigenvalue weighted by atomic mass is 28.4. The number of allylic oxidation sites excluding steroid dienone is 1. The minimum atomic E-state index is -1.84. The van der Waals surface area contributed by atoms with Crippen LogP contribution in [0.2, 0.25) is 18.1 Å². The average Bonchev–Trinajstić information content (AvgIpc) is 2.79. The van der Waals surface area contributed by atoms with Gasteiger partial charge in [0.05, 0.1) is 19.8 Å². The lowest BCUT2D eigenvalue weighted by Crippen LogP contribution is -2.44. The summed E-state index contributed by atoms with van der Waals surface area (Å²) in [4.78, 5) is 11.3. The van der Waals surface area contributed by atoms with Crippen LogP contribution in [0, 0.1) is 17.8 Å². The fourth-order valence-corrected chi connectivity index (χ4v) is 3.12. The number of terminal acetylenes is 1. The summed E-state index contributed by atoms with van der Waals surface area (Å²) >= 11 is 0. The topological polar surface area (TPSA) is 44.8 Å². The summed E-state index contributed by atoms with van der Waals surface area (Å²) in [5.74, 6) is 2.95. The summed E-state index contributed by atoms with van der Waals surface area (Å²) < 4.78 is 16.6. The summed E-state index contributed by atoms with van der Waals surface area (Å²) in [6.07, 6.45) is 8.11. The molecule has 0 radical (unpaired) electrons. The van der Waals surface area contributed by atoms with Gasteiger partial charge in [0.2, 0.25) is 0 Å². The Hall–Kier alpha value is -1.25. The molecule has 1 heterocycles. The summed E-state index contributed by atoms with van der Waals surface area (Å²) in [5.41, 5.74) is -0.246. The van der Waals surface area contributed by atoms with Crippen LogP contribution in [-0.4, -0.2) is 34.6 Å². The van der Waals surface area contributed by atoms with Crippen LogP contribution < -0.4 is 0 Å². The summed E-state index contributed by atoms with van der Waals surface area (Å²) in [5, 5.41) is 0.147. The van der Waals surface area contributed by atoms with Gasteiger partial charge < -0.3 is 13.9 Å². The maximum Gasteiger partial charge on any atom is 0.333 e. The molecule has 0 saturated carbocycles. The molecule has 1 aliphatic heterocycles. The molecule has 0 aromatic heterocycles. The highest BCUT2D eigenvalue weighted by Gasteiger charge is 2.43. The van der Waals surface area contributed by atoms with Gasteiger partial charge in [-0.1, -0.05) is 20.8 Å². The first-order valence-corrected chi connectivity index (χ1v) is 10.4. The zero-order valence-corrected chi connectivity index (χ0v) is 15.6. The Morgan fingerprint density at radius 3 is 2.64 bits per heavy atom. The first-order chi connectivity index (χ1) is 10.1. The van der Waals surface area contributed by atoms with E-state index in [4.69, 9.17) is 15.6 Å². The highest BCUT2D eigenvalue weighted by Crippen LogP contribution is 2.42. The minimum Gasteiger partial charge on any atom is -0.497 e. The van der Waals surface area contributed by atoms with Gasteiger partial charge in [-0.15, -0.1) is 12.3 Å². The van der Waals surface area contributed by atoms with E-state index in [2.05, 4.69) is 44.5 Å². The predicted molar refractivity (Wildman–Crippen MR) is 89.7 cm³/mol. The maximum absolute atomic E-state index is 11.3. The van der Waals surface area contributed by atoms with Crippen LogP contribution in [-0.2, 0) is 18.7 Å². The molecule has 1 atom stereocenters.